The average Bonchev–Trinajstić information content (AvgIpc) is 2.30. The molecular weight excluding hydrogens is 206 g/mol. The van der Waals surface area contributed by atoms with Crippen LogP contribution in [0.1, 0.15) is 65.6 Å². The molecule has 1 aromatic heterocycles. The number of hydrogen-bond acceptors (Lipinski definition) is 1. The Balaban J connectivity index is 0.00000121. The van der Waals surface area contributed by atoms with Crippen LogP contribution in [0.5, 0.6) is 0 Å². The summed E-state index contributed by atoms with van der Waals surface area (Å²) in [6.45, 7) is 13.0. The second-order valence-electron chi connectivity index (χ2n) is 5.47. The van der Waals surface area contributed by atoms with E-state index < -0.39 is 0 Å². The molecule has 0 N–H and O–H groups in total. The van der Waals surface area contributed by atoms with Crippen LogP contribution in [-0.2, 0) is 12.8 Å². The lowest BCUT2D eigenvalue weighted by Gasteiger charge is -2.17. The van der Waals surface area contributed by atoms with Gasteiger partial charge in [0.2, 0.25) is 0 Å². The third kappa shape index (κ3) is 7.95. The highest BCUT2D eigenvalue weighted by molar-refractivity contribution is 5.14. The summed E-state index contributed by atoms with van der Waals surface area (Å²) in [5.41, 5.74) is 2.99. The third-order valence-corrected chi connectivity index (χ3v) is 2.56. The van der Waals surface area contributed by atoms with Gasteiger partial charge in [0.15, 0.2) is 0 Å². The molecule has 1 nitrogen and oxygen atoms in total. The van der Waals surface area contributed by atoms with Gasteiger partial charge in [0.05, 0.1) is 0 Å². The van der Waals surface area contributed by atoms with Crippen molar-refractivity contribution in [2.75, 3.05) is 0 Å². The lowest BCUT2D eigenvalue weighted by Crippen LogP contribution is -2.07. The highest BCUT2D eigenvalue weighted by Gasteiger charge is 2.10. The smallest absolute Gasteiger partial charge is 0.0404 e. The first-order valence-electron chi connectivity index (χ1n) is 6.95. The van der Waals surface area contributed by atoms with Gasteiger partial charge in [-0.15, -0.1) is 0 Å². The molecule has 0 aliphatic heterocycles. The second-order valence-corrected chi connectivity index (χ2v) is 5.47. The molecule has 0 aliphatic rings. The fraction of sp³-hybridized carbons (Fsp3) is 0.688. The minimum Gasteiger partial charge on any atom is -0.261 e. The summed E-state index contributed by atoms with van der Waals surface area (Å²) in [6, 6.07) is 4.39. The Hall–Kier alpha value is -0.850. The largest absolute Gasteiger partial charge is 0.261 e. The van der Waals surface area contributed by atoms with E-state index >= 15 is 0 Å². The van der Waals surface area contributed by atoms with Gasteiger partial charge >= 0.3 is 0 Å². The standard InChI is InChI=1S/C14H23N.C2H6/c1-5-6-12-7-8-13(15-11-12)9-10-14(2,3)4;1-2/h7-8,11H,5-6,9-10H2,1-4H3;1-2H3. The third-order valence-electron chi connectivity index (χ3n) is 2.56. The van der Waals surface area contributed by atoms with Crippen molar-refractivity contribution in [3.63, 3.8) is 0 Å². The van der Waals surface area contributed by atoms with Crippen molar-refractivity contribution >= 4 is 0 Å². The Morgan fingerprint density at radius 2 is 1.71 bits per heavy atom. The molecule has 0 saturated heterocycles. The molecule has 0 unspecified atom stereocenters. The highest BCUT2D eigenvalue weighted by atomic mass is 14.7. The van der Waals surface area contributed by atoms with Crippen molar-refractivity contribution < 1.29 is 0 Å². The zero-order chi connectivity index (χ0) is 13.3. The van der Waals surface area contributed by atoms with Crippen LogP contribution in [0.3, 0.4) is 0 Å². The molecule has 1 heteroatoms. The normalized spacial score (nSPS) is 10.7. The van der Waals surface area contributed by atoms with Crippen molar-refractivity contribution in [1.82, 2.24) is 4.98 Å². The number of nitrogens with zero attached hydrogens (tertiary/aromatic N) is 1. The predicted octanol–water partition coefficient (Wildman–Crippen LogP) is 5.04. The second kappa shape index (κ2) is 8.27. The van der Waals surface area contributed by atoms with E-state index in [1.54, 1.807) is 0 Å². The van der Waals surface area contributed by atoms with E-state index in [1.165, 1.54) is 24.1 Å². The summed E-state index contributed by atoms with van der Waals surface area (Å²) in [5.74, 6) is 0. The number of rotatable bonds is 4. The quantitative estimate of drug-likeness (QED) is 0.712. The fourth-order valence-corrected chi connectivity index (χ4v) is 1.54. The minimum atomic E-state index is 0.407. The summed E-state index contributed by atoms with van der Waals surface area (Å²) < 4.78 is 0. The number of hydrogen-bond donors (Lipinski definition) is 0. The van der Waals surface area contributed by atoms with Crippen LogP contribution in [0.2, 0.25) is 0 Å². The maximum atomic E-state index is 4.50. The first-order chi connectivity index (χ1) is 8.01. The molecule has 0 atom stereocenters. The van der Waals surface area contributed by atoms with Crippen molar-refractivity contribution in [2.24, 2.45) is 5.41 Å². The highest BCUT2D eigenvalue weighted by Crippen LogP contribution is 2.20. The van der Waals surface area contributed by atoms with Crippen LogP contribution in [0.25, 0.3) is 0 Å². The van der Waals surface area contributed by atoms with Crippen molar-refractivity contribution in [1.29, 1.82) is 0 Å². The summed E-state index contributed by atoms with van der Waals surface area (Å²) >= 11 is 0. The molecule has 1 rings (SSSR count). The number of aromatic nitrogens is 1. The molecule has 0 fully saturated rings. The van der Waals surface area contributed by atoms with E-state index in [0.29, 0.717) is 5.41 Å². The summed E-state index contributed by atoms with van der Waals surface area (Å²) in [5, 5.41) is 0. The summed E-state index contributed by atoms with van der Waals surface area (Å²) in [7, 11) is 0. The van der Waals surface area contributed by atoms with E-state index in [-0.39, 0.29) is 0 Å². The van der Waals surface area contributed by atoms with Crippen molar-refractivity contribution in [3.8, 4) is 0 Å². The van der Waals surface area contributed by atoms with Gasteiger partial charge in [0.25, 0.3) is 0 Å². The van der Waals surface area contributed by atoms with Crippen molar-refractivity contribution in [2.45, 2.75) is 67.2 Å². The average molecular weight is 235 g/mol. The molecule has 17 heavy (non-hydrogen) atoms. The van der Waals surface area contributed by atoms with E-state index in [9.17, 15) is 0 Å². The lowest BCUT2D eigenvalue weighted by atomic mass is 9.90. The maximum Gasteiger partial charge on any atom is 0.0404 e. The Kier molecular flexibility index (Phi) is 7.86. The van der Waals surface area contributed by atoms with Gasteiger partial charge in [-0.2, -0.15) is 0 Å². The lowest BCUT2D eigenvalue weighted by molar-refractivity contribution is 0.376. The molecule has 0 aromatic carbocycles. The molecule has 1 aromatic rings. The molecular formula is C16H29N. The molecule has 0 radical (unpaired) electrons. The molecule has 0 bridgehead atoms. The SMILES string of the molecule is CC.CCCc1ccc(CCC(C)(C)C)nc1. The molecule has 0 saturated carbocycles. The van der Waals surface area contributed by atoms with E-state index in [1.807, 2.05) is 20.0 Å². The van der Waals surface area contributed by atoms with Crippen LogP contribution in [0, 0.1) is 5.41 Å². The van der Waals surface area contributed by atoms with Gasteiger partial charge in [-0.1, -0.05) is 54.0 Å². The maximum absolute atomic E-state index is 4.50. The van der Waals surface area contributed by atoms with Gasteiger partial charge in [-0.05, 0) is 36.3 Å². The van der Waals surface area contributed by atoms with Gasteiger partial charge in [-0.3, -0.25) is 4.98 Å². The Morgan fingerprint density at radius 3 is 2.12 bits per heavy atom. The predicted molar refractivity (Wildman–Crippen MR) is 77.4 cm³/mol. The van der Waals surface area contributed by atoms with Gasteiger partial charge in [0.1, 0.15) is 0 Å². The van der Waals surface area contributed by atoms with Gasteiger partial charge < -0.3 is 0 Å². The molecule has 1 heterocycles. The number of aryl methyl sites for hydroxylation is 2. The minimum absolute atomic E-state index is 0.407. The summed E-state index contributed by atoms with van der Waals surface area (Å²) in [6.07, 6.45) is 6.67. The van der Waals surface area contributed by atoms with Crippen LogP contribution in [0.15, 0.2) is 18.3 Å². The zero-order valence-corrected chi connectivity index (χ0v) is 12.5. The topological polar surface area (TPSA) is 12.9 Å². The Labute approximate surface area is 108 Å². The van der Waals surface area contributed by atoms with Crippen LogP contribution in [-0.4, -0.2) is 4.98 Å². The van der Waals surface area contributed by atoms with E-state index in [4.69, 9.17) is 0 Å². The fourth-order valence-electron chi connectivity index (χ4n) is 1.54. The van der Waals surface area contributed by atoms with Crippen LogP contribution >= 0.6 is 0 Å². The molecule has 0 aliphatic carbocycles. The monoisotopic (exact) mass is 235 g/mol. The van der Waals surface area contributed by atoms with Crippen molar-refractivity contribution in [3.05, 3.63) is 29.6 Å². The molecule has 0 spiro atoms. The first-order valence-corrected chi connectivity index (χ1v) is 6.95. The number of pyridine rings is 1. The van der Waals surface area contributed by atoms with E-state index in [2.05, 4.69) is 44.8 Å². The first kappa shape index (κ1) is 16.1. The summed E-state index contributed by atoms with van der Waals surface area (Å²) in [4.78, 5) is 4.50. The van der Waals surface area contributed by atoms with Crippen LogP contribution in [0.4, 0.5) is 0 Å². The van der Waals surface area contributed by atoms with Gasteiger partial charge in [-0.25, -0.2) is 0 Å². The molecule has 98 valence electrons. The van der Waals surface area contributed by atoms with E-state index in [0.717, 1.165) is 12.8 Å². The zero-order valence-electron chi connectivity index (χ0n) is 12.5. The van der Waals surface area contributed by atoms with Gasteiger partial charge in [0, 0.05) is 11.9 Å². The Morgan fingerprint density at radius 1 is 1.06 bits per heavy atom. The Bertz CT molecular complexity index is 279. The molecule has 0 amide bonds. The van der Waals surface area contributed by atoms with Crippen LogP contribution < -0.4 is 0 Å².